The van der Waals surface area contributed by atoms with E-state index in [9.17, 15) is 0 Å². The highest BCUT2D eigenvalue weighted by atomic mass is 16.3. The summed E-state index contributed by atoms with van der Waals surface area (Å²) in [5, 5.41) is 12.7. The van der Waals surface area contributed by atoms with Crippen LogP contribution in [0.3, 0.4) is 0 Å². The summed E-state index contributed by atoms with van der Waals surface area (Å²) in [6.45, 7) is 8.80. The van der Waals surface area contributed by atoms with E-state index in [1.807, 2.05) is 0 Å². The third kappa shape index (κ3) is 4.49. The Hall–Kier alpha value is -0.860. The van der Waals surface area contributed by atoms with Gasteiger partial charge in [0.2, 0.25) is 0 Å². The fourth-order valence-corrected chi connectivity index (χ4v) is 2.00. The van der Waals surface area contributed by atoms with Crippen LogP contribution >= 0.6 is 0 Å². The number of rotatable bonds is 6. The molecule has 0 heterocycles. The van der Waals surface area contributed by atoms with Crippen molar-refractivity contribution in [3.8, 4) is 0 Å². The van der Waals surface area contributed by atoms with Gasteiger partial charge in [-0.2, -0.15) is 0 Å². The van der Waals surface area contributed by atoms with Crippen LogP contribution in [0.25, 0.3) is 0 Å². The molecule has 0 aliphatic carbocycles. The molecule has 0 saturated carbocycles. The molecule has 0 aliphatic rings. The Labute approximate surface area is 105 Å². The fraction of sp³-hybridized carbons (Fsp3) is 0.600. The smallest absolute Gasteiger partial charge is 0.0471 e. The Balaban J connectivity index is 2.50. The Bertz CT molecular complexity index is 337. The predicted molar refractivity (Wildman–Crippen MR) is 73.2 cm³/mol. The molecule has 0 aromatic heterocycles. The second kappa shape index (κ2) is 6.77. The first-order chi connectivity index (χ1) is 8.04. The molecule has 0 fully saturated rings. The zero-order valence-electron chi connectivity index (χ0n) is 11.4. The Morgan fingerprint density at radius 3 is 2.41 bits per heavy atom. The Morgan fingerprint density at radius 2 is 1.82 bits per heavy atom. The van der Waals surface area contributed by atoms with E-state index in [4.69, 9.17) is 5.11 Å². The van der Waals surface area contributed by atoms with Crippen molar-refractivity contribution in [2.24, 2.45) is 5.92 Å². The molecule has 2 N–H and O–H groups in total. The predicted octanol–water partition coefficient (Wildman–Crippen LogP) is 2.53. The summed E-state index contributed by atoms with van der Waals surface area (Å²) in [6, 6.07) is 9.29. The third-order valence-electron chi connectivity index (χ3n) is 3.48. The molecule has 1 aromatic rings. The van der Waals surface area contributed by atoms with Gasteiger partial charge in [0.1, 0.15) is 0 Å². The second-order valence-corrected chi connectivity index (χ2v) is 5.15. The molecule has 0 spiro atoms. The Kier molecular flexibility index (Phi) is 5.66. The van der Waals surface area contributed by atoms with E-state index in [1.165, 1.54) is 11.1 Å². The average Bonchev–Trinajstić information content (AvgIpc) is 2.31. The van der Waals surface area contributed by atoms with Crippen LogP contribution in [0.4, 0.5) is 0 Å². The molecule has 2 heteroatoms. The van der Waals surface area contributed by atoms with Crippen molar-refractivity contribution in [2.45, 2.75) is 46.2 Å². The highest BCUT2D eigenvalue weighted by Gasteiger charge is 2.14. The second-order valence-electron chi connectivity index (χ2n) is 5.15. The number of nitrogens with one attached hydrogen (secondary N) is 1. The molecule has 0 bridgehead atoms. The van der Waals surface area contributed by atoms with E-state index >= 15 is 0 Å². The highest BCUT2D eigenvalue weighted by Crippen LogP contribution is 2.11. The molecule has 0 radical (unpaired) electrons. The maximum atomic E-state index is 9.11. The van der Waals surface area contributed by atoms with Gasteiger partial charge in [-0.15, -0.1) is 0 Å². The zero-order valence-corrected chi connectivity index (χ0v) is 11.4. The molecule has 3 atom stereocenters. The molecule has 3 unspecified atom stereocenters. The standard InChI is InChI=1S/C15H25NO/c1-11-7-5-6-8-15(11)9-13(3)16-14(4)12(2)10-17/h5-8,12-14,16-17H,9-10H2,1-4H3. The topological polar surface area (TPSA) is 32.3 Å². The maximum Gasteiger partial charge on any atom is 0.0471 e. The lowest BCUT2D eigenvalue weighted by Crippen LogP contribution is -2.40. The van der Waals surface area contributed by atoms with Crippen LogP contribution < -0.4 is 5.32 Å². The van der Waals surface area contributed by atoms with E-state index in [-0.39, 0.29) is 6.61 Å². The molecule has 0 amide bonds. The van der Waals surface area contributed by atoms with Gasteiger partial charge >= 0.3 is 0 Å². The van der Waals surface area contributed by atoms with E-state index in [0.717, 1.165) is 6.42 Å². The van der Waals surface area contributed by atoms with E-state index in [1.54, 1.807) is 0 Å². The van der Waals surface area contributed by atoms with Crippen molar-refractivity contribution >= 4 is 0 Å². The van der Waals surface area contributed by atoms with Gasteiger partial charge < -0.3 is 10.4 Å². The minimum absolute atomic E-state index is 0.241. The average molecular weight is 235 g/mol. The van der Waals surface area contributed by atoms with Crippen molar-refractivity contribution in [3.63, 3.8) is 0 Å². The van der Waals surface area contributed by atoms with Crippen molar-refractivity contribution in [3.05, 3.63) is 35.4 Å². The van der Waals surface area contributed by atoms with Gasteiger partial charge in [-0.25, -0.2) is 0 Å². The summed E-state index contributed by atoms with van der Waals surface area (Å²) < 4.78 is 0. The van der Waals surface area contributed by atoms with E-state index < -0.39 is 0 Å². The maximum absolute atomic E-state index is 9.11. The third-order valence-corrected chi connectivity index (χ3v) is 3.48. The normalized spacial score (nSPS) is 16.5. The highest BCUT2D eigenvalue weighted by molar-refractivity contribution is 5.26. The van der Waals surface area contributed by atoms with Crippen LogP contribution in [-0.4, -0.2) is 23.8 Å². The summed E-state index contributed by atoms with van der Waals surface area (Å²) in [7, 11) is 0. The minimum Gasteiger partial charge on any atom is -0.396 e. The summed E-state index contributed by atoms with van der Waals surface area (Å²) in [5.41, 5.74) is 2.75. The molecule has 0 saturated heterocycles. The largest absolute Gasteiger partial charge is 0.396 e. The molecular weight excluding hydrogens is 210 g/mol. The summed E-state index contributed by atoms with van der Waals surface area (Å²) >= 11 is 0. The van der Waals surface area contributed by atoms with Gasteiger partial charge in [-0.1, -0.05) is 31.2 Å². The first-order valence-electron chi connectivity index (χ1n) is 6.46. The van der Waals surface area contributed by atoms with Crippen molar-refractivity contribution < 1.29 is 5.11 Å². The Morgan fingerprint density at radius 1 is 1.18 bits per heavy atom. The van der Waals surface area contributed by atoms with Crippen LogP contribution in [0.2, 0.25) is 0 Å². The molecule has 1 rings (SSSR count). The van der Waals surface area contributed by atoms with Crippen LogP contribution in [0.15, 0.2) is 24.3 Å². The van der Waals surface area contributed by atoms with Crippen molar-refractivity contribution in [1.82, 2.24) is 5.32 Å². The zero-order chi connectivity index (χ0) is 12.8. The number of hydrogen-bond acceptors (Lipinski definition) is 2. The van der Waals surface area contributed by atoms with Crippen LogP contribution in [0.5, 0.6) is 0 Å². The van der Waals surface area contributed by atoms with Gasteiger partial charge in [0.25, 0.3) is 0 Å². The minimum atomic E-state index is 0.241. The van der Waals surface area contributed by atoms with Gasteiger partial charge in [-0.05, 0) is 44.2 Å². The van der Waals surface area contributed by atoms with Gasteiger partial charge in [0.15, 0.2) is 0 Å². The monoisotopic (exact) mass is 235 g/mol. The molecular formula is C15H25NO. The van der Waals surface area contributed by atoms with Crippen molar-refractivity contribution in [1.29, 1.82) is 0 Å². The lowest BCUT2D eigenvalue weighted by atomic mass is 9.99. The lowest BCUT2D eigenvalue weighted by molar-refractivity contribution is 0.202. The van der Waals surface area contributed by atoms with Crippen LogP contribution in [-0.2, 0) is 6.42 Å². The molecule has 2 nitrogen and oxygen atoms in total. The van der Waals surface area contributed by atoms with Crippen LogP contribution in [0.1, 0.15) is 31.9 Å². The first-order valence-corrected chi connectivity index (χ1v) is 6.46. The molecule has 96 valence electrons. The number of hydrogen-bond donors (Lipinski definition) is 2. The van der Waals surface area contributed by atoms with Crippen LogP contribution in [0, 0.1) is 12.8 Å². The van der Waals surface area contributed by atoms with Crippen molar-refractivity contribution in [2.75, 3.05) is 6.61 Å². The first kappa shape index (κ1) is 14.2. The van der Waals surface area contributed by atoms with E-state index in [2.05, 4.69) is 57.3 Å². The number of aryl methyl sites for hydroxylation is 1. The molecule has 0 aliphatic heterocycles. The number of aliphatic hydroxyl groups excluding tert-OH is 1. The van der Waals surface area contributed by atoms with Gasteiger partial charge in [0, 0.05) is 18.7 Å². The number of benzene rings is 1. The molecule has 1 aromatic carbocycles. The fourth-order valence-electron chi connectivity index (χ4n) is 2.00. The summed E-state index contributed by atoms with van der Waals surface area (Å²) in [4.78, 5) is 0. The lowest BCUT2D eigenvalue weighted by Gasteiger charge is -2.24. The van der Waals surface area contributed by atoms with Gasteiger partial charge in [-0.3, -0.25) is 0 Å². The SMILES string of the molecule is Cc1ccccc1CC(C)NC(C)C(C)CO. The van der Waals surface area contributed by atoms with Gasteiger partial charge in [0.05, 0.1) is 0 Å². The number of aliphatic hydroxyl groups is 1. The summed E-state index contributed by atoms with van der Waals surface area (Å²) in [6.07, 6.45) is 1.04. The quantitative estimate of drug-likeness (QED) is 0.794. The summed E-state index contributed by atoms with van der Waals surface area (Å²) in [5.74, 6) is 0.300. The van der Waals surface area contributed by atoms with E-state index in [0.29, 0.717) is 18.0 Å². The molecule has 17 heavy (non-hydrogen) atoms.